The predicted molar refractivity (Wildman–Crippen MR) is 99.8 cm³/mol. The number of ether oxygens (including phenoxy) is 3. The number of hydrogen-bond acceptors (Lipinski definition) is 6. The number of methoxy groups -OCH3 is 3. The molecule has 1 aromatic carbocycles. The summed E-state index contributed by atoms with van der Waals surface area (Å²) in [6, 6.07) is 9.81. The van der Waals surface area contributed by atoms with Crippen molar-refractivity contribution >= 4 is 5.82 Å². The first-order valence-corrected chi connectivity index (χ1v) is 8.43. The molecule has 0 aliphatic heterocycles. The minimum Gasteiger partial charge on any atom is -0.493 e. The number of anilines is 1. The van der Waals surface area contributed by atoms with Crippen LogP contribution in [0.25, 0.3) is 0 Å². The van der Waals surface area contributed by atoms with Crippen molar-refractivity contribution in [3.8, 4) is 17.2 Å². The van der Waals surface area contributed by atoms with E-state index in [2.05, 4.69) is 15.6 Å². The van der Waals surface area contributed by atoms with Crippen molar-refractivity contribution in [3.05, 3.63) is 42.1 Å². The summed E-state index contributed by atoms with van der Waals surface area (Å²) >= 11 is 0. The first-order chi connectivity index (χ1) is 12.3. The van der Waals surface area contributed by atoms with Crippen LogP contribution in [0, 0.1) is 0 Å². The van der Waals surface area contributed by atoms with Crippen molar-refractivity contribution in [2.75, 3.05) is 39.7 Å². The molecular formula is C19H27N3O3. The van der Waals surface area contributed by atoms with Crippen LogP contribution in [0.1, 0.15) is 18.4 Å². The standard InChI is InChI=1S/C19H27N3O3/c1-23-16-12-15(13-17(24-2)19(16)25-3)14-20-9-6-7-11-22-18-8-4-5-10-21-18/h4-5,8,10,12-13,20H,6-7,9,11,14H2,1-3H3,(H,21,22). The lowest BCUT2D eigenvalue weighted by molar-refractivity contribution is 0.323. The first-order valence-electron chi connectivity index (χ1n) is 8.43. The third-order valence-electron chi connectivity index (χ3n) is 3.80. The van der Waals surface area contributed by atoms with Crippen LogP contribution < -0.4 is 24.8 Å². The van der Waals surface area contributed by atoms with E-state index >= 15 is 0 Å². The van der Waals surface area contributed by atoms with Gasteiger partial charge in [0.1, 0.15) is 5.82 Å². The van der Waals surface area contributed by atoms with E-state index in [0.29, 0.717) is 17.2 Å². The zero-order valence-corrected chi connectivity index (χ0v) is 15.2. The van der Waals surface area contributed by atoms with Crippen molar-refractivity contribution in [1.82, 2.24) is 10.3 Å². The Morgan fingerprint density at radius 2 is 1.64 bits per heavy atom. The van der Waals surface area contributed by atoms with Crippen LogP contribution in [0.4, 0.5) is 5.82 Å². The van der Waals surface area contributed by atoms with E-state index in [1.807, 2.05) is 30.3 Å². The second-order valence-corrected chi connectivity index (χ2v) is 5.56. The second kappa shape index (κ2) is 10.4. The first kappa shape index (κ1) is 18.9. The highest BCUT2D eigenvalue weighted by Crippen LogP contribution is 2.38. The molecule has 25 heavy (non-hydrogen) atoms. The Balaban J connectivity index is 1.71. The fraction of sp³-hybridized carbons (Fsp3) is 0.421. The van der Waals surface area contributed by atoms with Gasteiger partial charge in [-0.15, -0.1) is 0 Å². The third-order valence-corrected chi connectivity index (χ3v) is 3.80. The summed E-state index contributed by atoms with van der Waals surface area (Å²) in [4.78, 5) is 4.24. The van der Waals surface area contributed by atoms with Crippen molar-refractivity contribution < 1.29 is 14.2 Å². The molecule has 6 heteroatoms. The number of nitrogens with one attached hydrogen (secondary N) is 2. The molecule has 6 nitrogen and oxygen atoms in total. The van der Waals surface area contributed by atoms with E-state index in [4.69, 9.17) is 14.2 Å². The molecule has 2 aromatic rings. The van der Waals surface area contributed by atoms with Crippen LogP contribution in [0.3, 0.4) is 0 Å². The highest BCUT2D eigenvalue weighted by Gasteiger charge is 2.12. The second-order valence-electron chi connectivity index (χ2n) is 5.56. The smallest absolute Gasteiger partial charge is 0.203 e. The number of unbranched alkanes of at least 4 members (excludes halogenated alkanes) is 1. The van der Waals surface area contributed by atoms with Crippen LogP contribution >= 0.6 is 0 Å². The Labute approximate surface area is 149 Å². The van der Waals surface area contributed by atoms with E-state index in [9.17, 15) is 0 Å². The van der Waals surface area contributed by atoms with Crippen molar-refractivity contribution in [2.24, 2.45) is 0 Å². The maximum absolute atomic E-state index is 5.37. The van der Waals surface area contributed by atoms with Gasteiger partial charge in [0.2, 0.25) is 5.75 Å². The molecule has 0 bridgehead atoms. The van der Waals surface area contributed by atoms with Gasteiger partial charge in [-0.25, -0.2) is 4.98 Å². The molecule has 1 aromatic heterocycles. The quantitative estimate of drug-likeness (QED) is 0.610. The molecule has 2 rings (SSSR count). The highest BCUT2D eigenvalue weighted by atomic mass is 16.5. The molecule has 0 saturated carbocycles. The van der Waals surface area contributed by atoms with Gasteiger partial charge in [0.25, 0.3) is 0 Å². The normalized spacial score (nSPS) is 10.4. The lowest BCUT2D eigenvalue weighted by Crippen LogP contribution is -2.16. The van der Waals surface area contributed by atoms with Crippen LogP contribution in [-0.4, -0.2) is 39.4 Å². The predicted octanol–water partition coefficient (Wildman–Crippen LogP) is 3.09. The number of benzene rings is 1. The van der Waals surface area contributed by atoms with E-state index in [1.54, 1.807) is 27.5 Å². The Bertz CT molecular complexity index is 610. The summed E-state index contributed by atoms with van der Waals surface area (Å²) in [6.07, 6.45) is 3.96. The van der Waals surface area contributed by atoms with E-state index < -0.39 is 0 Å². The summed E-state index contributed by atoms with van der Waals surface area (Å²) in [5.41, 5.74) is 1.10. The van der Waals surface area contributed by atoms with E-state index in [0.717, 1.165) is 43.9 Å². The summed E-state index contributed by atoms with van der Waals surface area (Å²) in [7, 11) is 4.86. The molecule has 0 radical (unpaired) electrons. The van der Waals surface area contributed by atoms with Gasteiger partial charge < -0.3 is 24.8 Å². The number of rotatable bonds is 11. The van der Waals surface area contributed by atoms with Crippen molar-refractivity contribution in [3.63, 3.8) is 0 Å². The van der Waals surface area contributed by atoms with Crippen molar-refractivity contribution in [2.45, 2.75) is 19.4 Å². The van der Waals surface area contributed by atoms with E-state index in [-0.39, 0.29) is 0 Å². The maximum Gasteiger partial charge on any atom is 0.203 e. The molecular weight excluding hydrogens is 318 g/mol. The van der Waals surface area contributed by atoms with Gasteiger partial charge in [0.05, 0.1) is 21.3 Å². The minimum absolute atomic E-state index is 0.620. The Hall–Kier alpha value is -2.47. The Morgan fingerprint density at radius 1 is 0.920 bits per heavy atom. The largest absolute Gasteiger partial charge is 0.493 e. The third kappa shape index (κ3) is 5.83. The molecule has 0 atom stereocenters. The Morgan fingerprint density at radius 3 is 2.24 bits per heavy atom. The fourth-order valence-corrected chi connectivity index (χ4v) is 2.53. The fourth-order valence-electron chi connectivity index (χ4n) is 2.53. The highest BCUT2D eigenvalue weighted by molar-refractivity contribution is 5.53. The van der Waals surface area contributed by atoms with Crippen LogP contribution in [0.2, 0.25) is 0 Å². The van der Waals surface area contributed by atoms with E-state index in [1.165, 1.54) is 0 Å². The Kier molecular flexibility index (Phi) is 7.85. The lowest BCUT2D eigenvalue weighted by Gasteiger charge is -2.14. The summed E-state index contributed by atoms with van der Waals surface area (Å²) in [5.74, 6) is 2.90. The van der Waals surface area contributed by atoms with Gasteiger partial charge in [-0.05, 0) is 49.2 Å². The topological polar surface area (TPSA) is 64.6 Å². The average Bonchev–Trinajstić information content (AvgIpc) is 2.67. The zero-order chi connectivity index (χ0) is 17.9. The molecule has 136 valence electrons. The summed E-state index contributed by atoms with van der Waals surface area (Å²) in [5, 5.41) is 6.76. The molecule has 0 aliphatic rings. The van der Waals surface area contributed by atoms with Gasteiger partial charge in [-0.3, -0.25) is 0 Å². The monoisotopic (exact) mass is 345 g/mol. The lowest BCUT2D eigenvalue weighted by atomic mass is 10.1. The van der Waals surface area contributed by atoms with Crippen molar-refractivity contribution in [1.29, 1.82) is 0 Å². The SMILES string of the molecule is COc1cc(CNCCCCNc2ccccn2)cc(OC)c1OC. The molecule has 0 fully saturated rings. The average molecular weight is 345 g/mol. The maximum atomic E-state index is 5.37. The summed E-state index contributed by atoms with van der Waals surface area (Å²) in [6.45, 7) is 2.62. The molecule has 0 saturated heterocycles. The molecule has 1 heterocycles. The zero-order valence-electron chi connectivity index (χ0n) is 15.2. The minimum atomic E-state index is 0.620. The number of aromatic nitrogens is 1. The van der Waals surface area contributed by atoms with Crippen LogP contribution in [0.5, 0.6) is 17.2 Å². The molecule has 2 N–H and O–H groups in total. The van der Waals surface area contributed by atoms with Gasteiger partial charge in [0.15, 0.2) is 11.5 Å². The molecule has 0 spiro atoms. The van der Waals surface area contributed by atoms with Gasteiger partial charge in [-0.1, -0.05) is 6.07 Å². The van der Waals surface area contributed by atoms with Gasteiger partial charge in [0, 0.05) is 19.3 Å². The number of nitrogens with zero attached hydrogens (tertiary/aromatic N) is 1. The number of hydrogen-bond donors (Lipinski definition) is 2. The number of pyridine rings is 1. The van der Waals surface area contributed by atoms with Gasteiger partial charge in [-0.2, -0.15) is 0 Å². The molecule has 0 aliphatic carbocycles. The van der Waals surface area contributed by atoms with Crippen LogP contribution in [0.15, 0.2) is 36.5 Å². The van der Waals surface area contributed by atoms with Crippen LogP contribution in [-0.2, 0) is 6.54 Å². The molecule has 0 amide bonds. The molecule has 0 unspecified atom stereocenters. The van der Waals surface area contributed by atoms with Gasteiger partial charge >= 0.3 is 0 Å². The summed E-state index contributed by atoms with van der Waals surface area (Å²) < 4.78 is 16.1.